The van der Waals surface area contributed by atoms with Gasteiger partial charge in [-0.2, -0.15) is 0 Å². The molecule has 1 aromatic heterocycles. The Morgan fingerprint density at radius 3 is 2.95 bits per heavy atom. The molecule has 0 saturated carbocycles. The molecule has 0 atom stereocenters. The quantitative estimate of drug-likeness (QED) is 0.840. The molecule has 0 unspecified atom stereocenters. The maximum atomic E-state index is 11.3. The van der Waals surface area contributed by atoms with Crippen LogP contribution in [-0.2, 0) is 0 Å². The summed E-state index contributed by atoms with van der Waals surface area (Å²) in [6.07, 6.45) is 0. The van der Waals surface area contributed by atoms with Crippen molar-refractivity contribution in [1.82, 2.24) is 15.2 Å². The van der Waals surface area contributed by atoms with Crippen molar-refractivity contribution in [1.29, 1.82) is 0 Å². The number of fused-ring (bicyclic) bond motifs is 1. The normalized spacial score (nSPS) is 10.5. The van der Waals surface area contributed by atoms with E-state index in [-0.39, 0.29) is 6.03 Å². The Labute approximate surface area is 124 Å². The van der Waals surface area contributed by atoms with Crippen LogP contribution < -0.4 is 10.6 Å². The average molecular weight is 343 g/mol. The molecule has 0 bridgehead atoms. The van der Waals surface area contributed by atoms with Crippen LogP contribution in [0.15, 0.2) is 22.7 Å². The lowest BCUT2D eigenvalue weighted by atomic mass is 10.3. The molecule has 2 rings (SSSR count). The SMILES string of the molecule is CN(C)C(=O)NCCNc1nc2ccc(Br)cc2s1. The third-order valence-corrected chi connectivity index (χ3v) is 3.90. The third-order valence-electron chi connectivity index (χ3n) is 2.43. The summed E-state index contributed by atoms with van der Waals surface area (Å²) in [5, 5.41) is 6.86. The first-order chi connectivity index (χ1) is 9.06. The maximum Gasteiger partial charge on any atom is 0.316 e. The van der Waals surface area contributed by atoms with Gasteiger partial charge in [-0.3, -0.25) is 0 Å². The minimum Gasteiger partial charge on any atom is -0.360 e. The number of hydrogen-bond acceptors (Lipinski definition) is 4. The largest absolute Gasteiger partial charge is 0.360 e. The van der Waals surface area contributed by atoms with E-state index in [2.05, 4.69) is 31.5 Å². The summed E-state index contributed by atoms with van der Waals surface area (Å²) in [5.41, 5.74) is 0.980. The standard InChI is InChI=1S/C12H15BrN4OS/c1-17(2)12(18)15-6-5-14-11-16-9-4-3-8(13)7-10(9)19-11/h3-4,7H,5-6H2,1-2H3,(H,14,16)(H,15,18). The van der Waals surface area contributed by atoms with Crippen LogP contribution in [0, 0.1) is 0 Å². The zero-order valence-electron chi connectivity index (χ0n) is 10.7. The zero-order chi connectivity index (χ0) is 13.8. The number of rotatable bonds is 4. The van der Waals surface area contributed by atoms with Gasteiger partial charge in [0.25, 0.3) is 0 Å². The summed E-state index contributed by atoms with van der Waals surface area (Å²) < 4.78 is 2.18. The molecular weight excluding hydrogens is 328 g/mol. The van der Waals surface area contributed by atoms with Crippen molar-refractivity contribution in [3.8, 4) is 0 Å². The van der Waals surface area contributed by atoms with E-state index < -0.39 is 0 Å². The van der Waals surface area contributed by atoms with Crippen LogP contribution in [-0.4, -0.2) is 43.1 Å². The average Bonchev–Trinajstić information content (AvgIpc) is 2.75. The molecule has 0 spiro atoms. The van der Waals surface area contributed by atoms with Crippen LogP contribution in [0.3, 0.4) is 0 Å². The molecular formula is C12H15BrN4OS. The number of urea groups is 1. The molecule has 0 aliphatic rings. The summed E-state index contributed by atoms with van der Waals surface area (Å²) in [7, 11) is 3.43. The maximum absolute atomic E-state index is 11.3. The van der Waals surface area contributed by atoms with Crippen LogP contribution in [0.25, 0.3) is 10.2 Å². The van der Waals surface area contributed by atoms with E-state index in [0.717, 1.165) is 19.8 Å². The highest BCUT2D eigenvalue weighted by Crippen LogP contribution is 2.28. The summed E-state index contributed by atoms with van der Waals surface area (Å²) in [4.78, 5) is 17.3. The lowest BCUT2D eigenvalue weighted by molar-refractivity contribution is 0.218. The molecule has 0 radical (unpaired) electrons. The van der Waals surface area contributed by atoms with Crippen LogP contribution >= 0.6 is 27.3 Å². The number of thiazole rings is 1. The summed E-state index contributed by atoms with van der Waals surface area (Å²) in [5.74, 6) is 0. The van der Waals surface area contributed by atoms with Crippen molar-refractivity contribution in [2.45, 2.75) is 0 Å². The molecule has 0 saturated heterocycles. The second kappa shape index (κ2) is 6.21. The van der Waals surface area contributed by atoms with Crippen LogP contribution in [0.1, 0.15) is 0 Å². The molecule has 102 valence electrons. The van der Waals surface area contributed by atoms with Gasteiger partial charge in [-0.1, -0.05) is 27.3 Å². The lowest BCUT2D eigenvalue weighted by Crippen LogP contribution is -2.37. The van der Waals surface area contributed by atoms with E-state index >= 15 is 0 Å². The van der Waals surface area contributed by atoms with Gasteiger partial charge in [0.2, 0.25) is 0 Å². The minimum absolute atomic E-state index is 0.0879. The van der Waals surface area contributed by atoms with Crippen molar-refractivity contribution < 1.29 is 4.79 Å². The van der Waals surface area contributed by atoms with Crippen molar-refractivity contribution in [2.75, 3.05) is 32.5 Å². The highest BCUT2D eigenvalue weighted by atomic mass is 79.9. The van der Waals surface area contributed by atoms with Crippen molar-refractivity contribution in [2.24, 2.45) is 0 Å². The number of nitrogens with one attached hydrogen (secondary N) is 2. The van der Waals surface area contributed by atoms with Gasteiger partial charge in [0.05, 0.1) is 10.2 Å². The van der Waals surface area contributed by atoms with Gasteiger partial charge in [-0.25, -0.2) is 9.78 Å². The van der Waals surface area contributed by atoms with E-state index in [9.17, 15) is 4.79 Å². The van der Waals surface area contributed by atoms with Gasteiger partial charge in [0, 0.05) is 31.7 Å². The Balaban J connectivity index is 1.86. The van der Waals surface area contributed by atoms with E-state index in [1.807, 2.05) is 18.2 Å². The van der Waals surface area contributed by atoms with Crippen molar-refractivity contribution in [3.63, 3.8) is 0 Å². The Kier molecular flexibility index (Phi) is 4.60. The number of anilines is 1. The molecule has 2 aromatic rings. The van der Waals surface area contributed by atoms with Crippen molar-refractivity contribution >= 4 is 48.6 Å². The Morgan fingerprint density at radius 1 is 1.42 bits per heavy atom. The first-order valence-corrected chi connectivity index (χ1v) is 7.42. The fourth-order valence-electron chi connectivity index (χ4n) is 1.47. The molecule has 0 aliphatic carbocycles. The Morgan fingerprint density at radius 2 is 2.21 bits per heavy atom. The lowest BCUT2D eigenvalue weighted by Gasteiger charge is -2.11. The summed E-state index contributed by atoms with van der Waals surface area (Å²) in [6, 6.07) is 5.92. The number of halogens is 1. The Hall–Kier alpha value is -1.34. The topological polar surface area (TPSA) is 57.3 Å². The van der Waals surface area contributed by atoms with Crippen LogP contribution in [0.4, 0.5) is 9.93 Å². The molecule has 2 N–H and O–H groups in total. The highest BCUT2D eigenvalue weighted by Gasteiger charge is 2.04. The number of carbonyl (C=O) groups is 1. The van der Waals surface area contributed by atoms with E-state index in [0.29, 0.717) is 13.1 Å². The zero-order valence-corrected chi connectivity index (χ0v) is 13.1. The van der Waals surface area contributed by atoms with Gasteiger partial charge in [0.15, 0.2) is 5.13 Å². The van der Waals surface area contributed by atoms with Gasteiger partial charge < -0.3 is 15.5 Å². The molecule has 0 aliphatic heterocycles. The third kappa shape index (κ3) is 3.81. The van der Waals surface area contributed by atoms with Crippen LogP contribution in [0.2, 0.25) is 0 Å². The molecule has 1 heterocycles. The monoisotopic (exact) mass is 342 g/mol. The second-order valence-corrected chi connectivity index (χ2v) is 6.13. The first-order valence-electron chi connectivity index (χ1n) is 5.81. The minimum atomic E-state index is -0.0879. The number of carbonyl (C=O) groups excluding carboxylic acids is 1. The summed E-state index contributed by atoms with van der Waals surface area (Å²) in [6.45, 7) is 1.22. The number of hydrogen-bond donors (Lipinski definition) is 2. The van der Waals surface area contributed by atoms with Gasteiger partial charge in [0.1, 0.15) is 0 Å². The predicted molar refractivity (Wildman–Crippen MR) is 82.9 cm³/mol. The second-order valence-electron chi connectivity index (χ2n) is 4.18. The molecule has 19 heavy (non-hydrogen) atoms. The molecule has 7 heteroatoms. The predicted octanol–water partition coefficient (Wildman–Crippen LogP) is 2.74. The van der Waals surface area contributed by atoms with E-state index in [1.165, 1.54) is 4.90 Å². The van der Waals surface area contributed by atoms with Gasteiger partial charge >= 0.3 is 6.03 Å². The van der Waals surface area contributed by atoms with E-state index in [1.54, 1.807) is 25.4 Å². The number of benzene rings is 1. The van der Waals surface area contributed by atoms with Gasteiger partial charge in [-0.15, -0.1) is 0 Å². The number of amides is 2. The fourth-order valence-corrected chi connectivity index (χ4v) is 2.91. The fraction of sp³-hybridized carbons (Fsp3) is 0.333. The molecule has 1 aromatic carbocycles. The molecule has 2 amide bonds. The van der Waals surface area contributed by atoms with E-state index in [4.69, 9.17) is 0 Å². The number of nitrogens with zero attached hydrogens (tertiary/aromatic N) is 2. The Bertz CT molecular complexity index is 584. The highest BCUT2D eigenvalue weighted by molar-refractivity contribution is 9.10. The van der Waals surface area contributed by atoms with Crippen LogP contribution in [0.5, 0.6) is 0 Å². The van der Waals surface area contributed by atoms with Gasteiger partial charge in [-0.05, 0) is 18.2 Å². The number of aromatic nitrogens is 1. The molecule has 0 fully saturated rings. The van der Waals surface area contributed by atoms with Crippen molar-refractivity contribution in [3.05, 3.63) is 22.7 Å². The smallest absolute Gasteiger partial charge is 0.316 e. The molecule has 5 nitrogen and oxygen atoms in total. The first kappa shape index (κ1) is 14.1. The summed E-state index contributed by atoms with van der Waals surface area (Å²) >= 11 is 5.04.